The first-order valence-corrected chi connectivity index (χ1v) is 11.8. The van der Waals surface area contributed by atoms with Gasteiger partial charge in [-0.05, 0) is 55.8 Å². The Morgan fingerprint density at radius 1 is 1.03 bits per heavy atom. The number of ether oxygens (including phenoxy) is 1. The first-order valence-electron chi connectivity index (χ1n) is 9.99. The maximum absolute atomic E-state index is 13.4. The minimum absolute atomic E-state index is 0.0824. The summed E-state index contributed by atoms with van der Waals surface area (Å²) in [5.41, 5.74) is 2.03. The van der Waals surface area contributed by atoms with Crippen molar-refractivity contribution in [3.8, 4) is 5.75 Å². The summed E-state index contributed by atoms with van der Waals surface area (Å²) >= 11 is 6.30. The van der Waals surface area contributed by atoms with Gasteiger partial charge in [-0.1, -0.05) is 53.6 Å². The van der Waals surface area contributed by atoms with Crippen molar-refractivity contribution in [2.45, 2.75) is 24.8 Å². The van der Waals surface area contributed by atoms with E-state index in [1.807, 2.05) is 26.0 Å². The van der Waals surface area contributed by atoms with Crippen LogP contribution in [0.4, 0.5) is 5.69 Å². The number of benzene rings is 3. The highest BCUT2D eigenvalue weighted by atomic mass is 35.5. The van der Waals surface area contributed by atoms with Gasteiger partial charge in [-0.3, -0.25) is 9.10 Å². The van der Waals surface area contributed by atoms with E-state index in [9.17, 15) is 13.2 Å². The molecule has 0 aliphatic carbocycles. The molecule has 0 aliphatic heterocycles. The summed E-state index contributed by atoms with van der Waals surface area (Å²) in [5, 5.41) is 3.09. The minimum atomic E-state index is -4.03. The van der Waals surface area contributed by atoms with Crippen molar-refractivity contribution >= 4 is 33.2 Å². The third-order valence-electron chi connectivity index (χ3n) is 5.01. The number of nitrogens with one attached hydrogen (secondary N) is 1. The number of halogens is 1. The van der Waals surface area contributed by atoms with Crippen molar-refractivity contribution in [2.24, 2.45) is 0 Å². The van der Waals surface area contributed by atoms with Crippen molar-refractivity contribution < 1.29 is 17.9 Å². The SMILES string of the molecule is COc1ccc([C@H](C)NC(=O)CN(c2ccccc2Cl)S(=O)(=O)c2ccc(C)cc2)cc1. The van der Waals surface area contributed by atoms with Gasteiger partial charge in [0.1, 0.15) is 12.3 Å². The molecule has 1 N–H and O–H groups in total. The van der Waals surface area contributed by atoms with Crippen LogP contribution in [-0.4, -0.2) is 28.0 Å². The molecule has 6 nitrogen and oxygen atoms in total. The highest BCUT2D eigenvalue weighted by Gasteiger charge is 2.29. The fourth-order valence-corrected chi connectivity index (χ4v) is 4.91. The van der Waals surface area contributed by atoms with Crippen molar-refractivity contribution in [3.63, 3.8) is 0 Å². The number of hydrogen-bond acceptors (Lipinski definition) is 4. The fraction of sp³-hybridized carbons (Fsp3) is 0.208. The zero-order chi connectivity index (χ0) is 23.3. The highest BCUT2D eigenvalue weighted by molar-refractivity contribution is 7.92. The molecule has 0 aliphatic rings. The Labute approximate surface area is 193 Å². The molecular formula is C24H25ClN2O4S. The zero-order valence-electron chi connectivity index (χ0n) is 18.1. The molecule has 1 amide bonds. The molecule has 168 valence electrons. The number of rotatable bonds is 8. The Hall–Kier alpha value is -3.03. The maximum Gasteiger partial charge on any atom is 0.264 e. The lowest BCUT2D eigenvalue weighted by atomic mass is 10.1. The third kappa shape index (κ3) is 5.41. The Balaban J connectivity index is 1.87. The van der Waals surface area contributed by atoms with Gasteiger partial charge in [0.05, 0.1) is 28.8 Å². The standard InChI is InChI=1S/C24H25ClN2O4S/c1-17-8-14-21(15-9-17)32(29,30)27(23-7-5-4-6-22(23)25)16-24(28)26-18(2)19-10-12-20(31-3)13-11-19/h4-15,18H,16H2,1-3H3,(H,26,28)/t18-/m0/s1. The third-order valence-corrected chi connectivity index (χ3v) is 7.10. The molecule has 0 radical (unpaired) electrons. The van der Waals surface area contributed by atoms with Gasteiger partial charge in [-0.25, -0.2) is 8.42 Å². The van der Waals surface area contributed by atoms with Crippen LogP contribution in [0.3, 0.4) is 0 Å². The van der Waals surface area contributed by atoms with Gasteiger partial charge in [0.25, 0.3) is 10.0 Å². The zero-order valence-corrected chi connectivity index (χ0v) is 19.7. The van der Waals surface area contributed by atoms with E-state index in [0.717, 1.165) is 15.4 Å². The van der Waals surface area contributed by atoms with Crippen LogP contribution in [0.25, 0.3) is 0 Å². The van der Waals surface area contributed by atoms with Crippen LogP contribution in [0, 0.1) is 6.92 Å². The lowest BCUT2D eigenvalue weighted by molar-refractivity contribution is -0.120. The van der Waals surface area contributed by atoms with E-state index in [4.69, 9.17) is 16.3 Å². The van der Waals surface area contributed by atoms with Crippen LogP contribution in [0.1, 0.15) is 24.1 Å². The first-order chi connectivity index (χ1) is 15.2. The number of aryl methyl sites for hydroxylation is 1. The fourth-order valence-electron chi connectivity index (χ4n) is 3.18. The molecule has 0 spiro atoms. The molecule has 1 atom stereocenters. The Morgan fingerprint density at radius 3 is 2.25 bits per heavy atom. The van der Waals surface area contributed by atoms with Gasteiger partial charge >= 0.3 is 0 Å². The van der Waals surface area contributed by atoms with E-state index in [1.165, 1.54) is 12.1 Å². The van der Waals surface area contributed by atoms with Crippen LogP contribution in [-0.2, 0) is 14.8 Å². The maximum atomic E-state index is 13.4. The largest absolute Gasteiger partial charge is 0.497 e. The summed E-state index contributed by atoms with van der Waals surface area (Å²) in [6, 6.07) is 20.0. The van der Waals surface area contributed by atoms with Crippen molar-refractivity contribution in [1.82, 2.24) is 5.32 Å². The predicted molar refractivity (Wildman–Crippen MR) is 127 cm³/mol. The molecule has 3 aromatic carbocycles. The van der Waals surface area contributed by atoms with Crippen molar-refractivity contribution in [2.75, 3.05) is 18.0 Å². The lowest BCUT2D eigenvalue weighted by Crippen LogP contribution is -2.41. The van der Waals surface area contributed by atoms with E-state index in [-0.39, 0.29) is 21.6 Å². The molecule has 0 bridgehead atoms. The van der Waals surface area contributed by atoms with Gasteiger partial charge in [0, 0.05) is 0 Å². The minimum Gasteiger partial charge on any atom is -0.497 e. The number of amides is 1. The van der Waals surface area contributed by atoms with E-state index >= 15 is 0 Å². The number of sulfonamides is 1. The van der Waals surface area contributed by atoms with E-state index in [0.29, 0.717) is 5.75 Å². The quantitative estimate of drug-likeness (QED) is 0.514. The Morgan fingerprint density at radius 2 is 1.66 bits per heavy atom. The van der Waals surface area contributed by atoms with Gasteiger partial charge < -0.3 is 10.1 Å². The van der Waals surface area contributed by atoms with Crippen LogP contribution < -0.4 is 14.4 Å². The van der Waals surface area contributed by atoms with E-state index in [1.54, 1.807) is 55.6 Å². The Kier molecular flexibility index (Phi) is 7.43. The molecule has 0 saturated heterocycles. The summed E-state index contributed by atoms with van der Waals surface area (Å²) < 4.78 is 33.1. The summed E-state index contributed by atoms with van der Waals surface area (Å²) in [7, 11) is -2.45. The van der Waals surface area contributed by atoms with Crippen LogP contribution in [0.2, 0.25) is 5.02 Å². The molecule has 0 unspecified atom stereocenters. The lowest BCUT2D eigenvalue weighted by Gasteiger charge is -2.26. The molecular weight excluding hydrogens is 448 g/mol. The van der Waals surface area contributed by atoms with Crippen LogP contribution >= 0.6 is 11.6 Å². The second kappa shape index (κ2) is 10.1. The predicted octanol–water partition coefficient (Wildman–Crippen LogP) is 4.73. The number of carbonyl (C=O) groups is 1. The second-order valence-electron chi connectivity index (χ2n) is 7.34. The molecule has 0 saturated carbocycles. The molecule has 0 heterocycles. The molecule has 0 fully saturated rings. The number of hydrogen-bond donors (Lipinski definition) is 1. The van der Waals surface area contributed by atoms with Gasteiger partial charge in [-0.15, -0.1) is 0 Å². The summed E-state index contributed by atoms with van der Waals surface area (Å²) in [6.45, 7) is 3.28. The smallest absolute Gasteiger partial charge is 0.264 e. The average Bonchev–Trinajstić information content (AvgIpc) is 2.78. The summed E-state index contributed by atoms with van der Waals surface area (Å²) in [4.78, 5) is 13.0. The van der Waals surface area contributed by atoms with Crippen LogP contribution in [0.15, 0.2) is 77.7 Å². The van der Waals surface area contributed by atoms with E-state index < -0.39 is 22.5 Å². The summed E-state index contributed by atoms with van der Waals surface area (Å²) in [6.07, 6.45) is 0. The first kappa shape index (κ1) is 23.6. The molecule has 0 aromatic heterocycles. The number of anilines is 1. The highest BCUT2D eigenvalue weighted by Crippen LogP contribution is 2.30. The topological polar surface area (TPSA) is 75.7 Å². The van der Waals surface area contributed by atoms with Crippen LogP contribution in [0.5, 0.6) is 5.75 Å². The monoisotopic (exact) mass is 472 g/mol. The Bertz CT molecular complexity index is 1180. The summed E-state index contributed by atoms with van der Waals surface area (Å²) in [5.74, 6) is 0.255. The van der Waals surface area contributed by atoms with E-state index in [2.05, 4.69) is 5.32 Å². The molecule has 3 aromatic rings. The van der Waals surface area contributed by atoms with Gasteiger partial charge in [0.2, 0.25) is 5.91 Å². The molecule has 32 heavy (non-hydrogen) atoms. The van der Waals surface area contributed by atoms with Gasteiger partial charge in [-0.2, -0.15) is 0 Å². The number of para-hydroxylation sites is 1. The van der Waals surface area contributed by atoms with Crippen molar-refractivity contribution in [3.05, 3.63) is 88.9 Å². The molecule has 8 heteroatoms. The second-order valence-corrected chi connectivity index (χ2v) is 9.61. The number of nitrogens with zero attached hydrogens (tertiary/aromatic N) is 1. The van der Waals surface area contributed by atoms with Gasteiger partial charge in [0.15, 0.2) is 0 Å². The average molecular weight is 473 g/mol. The van der Waals surface area contributed by atoms with Crippen molar-refractivity contribution in [1.29, 1.82) is 0 Å². The number of methoxy groups -OCH3 is 1. The number of carbonyl (C=O) groups excluding carboxylic acids is 1. The molecule has 3 rings (SSSR count). The normalized spacial score (nSPS) is 12.1.